The van der Waals surface area contributed by atoms with Gasteiger partial charge in [0.2, 0.25) is 5.88 Å². The molecule has 0 aliphatic carbocycles. The molecule has 28 heavy (non-hydrogen) atoms. The maximum absolute atomic E-state index is 5.74. The first-order valence-electron chi connectivity index (χ1n) is 8.88. The Balaban J connectivity index is 1.49. The van der Waals surface area contributed by atoms with Crippen LogP contribution in [0.5, 0.6) is 17.4 Å². The van der Waals surface area contributed by atoms with E-state index in [9.17, 15) is 0 Å². The highest BCUT2D eigenvalue weighted by Crippen LogP contribution is 2.22. The standard InChI is InChI=1S/C21H23N5O2/c1-22-21(26-15-17-5-3-4-12-23-17)25-14-16-6-11-20(24-13-16)28-19-9-7-18(27-2)8-10-19/h3-13H,14-15H2,1-2H3,(H2,22,25,26). The Morgan fingerprint density at radius 2 is 1.71 bits per heavy atom. The molecule has 0 amide bonds. The lowest BCUT2D eigenvalue weighted by Gasteiger charge is -2.12. The lowest BCUT2D eigenvalue weighted by Crippen LogP contribution is -2.36. The molecule has 3 rings (SSSR count). The second-order valence-corrected chi connectivity index (χ2v) is 5.88. The minimum absolute atomic E-state index is 0.534. The number of ether oxygens (including phenoxy) is 2. The molecule has 0 saturated heterocycles. The molecule has 3 aromatic rings. The van der Waals surface area contributed by atoms with Gasteiger partial charge in [-0.05, 0) is 42.0 Å². The Hall–Kier alpha value is -3.61. The van der Waals surface area contributed by atoms with Crippen molar-refractivity contribution in [1.82, 2.24) is 20.6 Å². The highest BCUT2D eigenvalue weighted by Gasteiger charge is 2.02. The second kappa shape index (κ2) is 9.91. The smallest absolute Gasteiger partial charge is 0.219 e. The van der Waals surface area contributed by atoms with Crippen LogP contribution in [0.4, 0.5) is 0 Å². The maximum atomic E-state index is 5.74. The van der Waals surface area contributed by atoms with Crippen LogP contribution < -0.4 is 20.1 Å². The minimum Gasteiger partial charge on any atom is -0.497 e. The summed E-state index contributed by atoms with van der Waals surface area (Å²) in [5.74, 6) is 2.72. The second-order valence-electron chi connectivity index (χ2n) is 5.88. The number of aromatic nitrogens is 2. The van der Waals surface area contributed by atoms with E-state index in [2.05, 4.69) is 25.6 Å². The van der Waals surface area contributed by atoms with Gasteiger partial charge in [0.05, 0.1) is 19.3 Å². The van der Waals surface area contributed by atoms with Gasteiger partial charge < -0.3 is 20.1 Å². The third kappa shape index (κ3) is 5.70. The van der Waals surface area contributed by atoms with Crippen LogP contribution in [-0.4, -0.2) is 30.1 Å². The van der Waals surface area contributed by atoms with Crippen molar-refractivity contribution in [2.24, 2.45) is 4.99 Å². The summed E-state index contributed by atoms with van der Waals surface area (Å²) in [4.78, 5) is 12.8. The van der Waals surface area contributed by atoms with Crippen LogP contribution in [-0.2, 0) is 13.1 Å². The van der Waals surface area contributed by atoms with Crippen LogP contribution >= 0.6 is 0 Å². The highest BCUT2D eigenvalue weighted by atomic mass is 16.5. The van der Waals surface area contributed by atoms with Crippen molar-refractivity contribution in [3.8, 4) is 17.4 Å². The van der Waals surface area contributed by atoms with E-state index in [1.165, 1.54) is 0 Å². The molecule has 0 aliphatic heterocycles. The van der Waals surface area contributed by atoms with Gasteiger partial charge in [-0.2, -0.15) is 0 Å². The van der Waals surface area contributed by atoms with E-state index >= 15 is 0 Å². The van der Waals surface area contributed by atoms with E-state index in [0.29, 0.717) is 30.7 Å². The zero-order valence-electron chi connectivity index (χ0n) is 15.9. The molecule has 144 valence electrons. The Bertz CT molecular complexity index is 881. The van der Waals surface area contributed by atoms with Crippen molar-refractivity contribution >= 4 is 5.96 Å². The van der Waals surface area contributed by atoms with Gasteiger partial charge in [-0.1, -0.05) is 12.1 Å². The lowest BCUT2D eigenvalue weighted by atomic mass is 10.3. The van der Waals surface area contributed by atoms with Crippen molar-refractivity contribution in [2.75, 3.05) is 14.2 Å². The van der Waals surface area contributed by atoms with Crippen molar-refractivity contribution in [1.29, 1.82) is 0 Å². The topological polar surface area (TPSA) is 80.7 Å². The molecule has 0 unspecified atom stereocenters. The van der Waals surface area contributed by atoms with Gasteiger partial charge in [-0.25, -0.2) is 4.98 Å². The van der Waals surface area contributed by atoms with Crippen LogP contribution in [0, 0.1) is 0 Å². The lowest BCUT2D eigenvalue weighted by molar-refractivity contribution is 0.412. The van der Waals surface area contributed by atoms with E-state index in [0.717, 1.165) is 17.0 Å². The molecule has 7 heteroatoms. The number of nitrogens with zero attached hydrogens (tertiary/aromatic N) is 3. The van der Waals surface area contributed by atoms with Gasteiger partial charge in [-0.3, -0.25) is 9.98 Å². The van der Waals surface area contributed by atoms with Crippen LogP contribution in [0.3, 0.4) is 0 Å². The van der Waals surface area contributed by atoms with Crippen molar-refractivity contribution in [2.45, 2.75) is 13.1 Å². The summed E-state index contributed by atoms with van der Waals surface area (Å²) >= 11 is 0. The normalized spacial score (nSPS) is 11.0. The van der Waals surface area contributed by atoms with Gasteiger partial charge in [0.1, 0.15) is 11.5 Å². The fourth-order valence-electron chi connectivity index (χ4n) is 2.42. The van der Waals surface area contributed by atoms with Crippen molar-refractivity contribution < 1.29 is 9.47 Å². The molecule has 0 bridgehead atoms. The molecule has 0 fully saturated rings. The molecule has 7 nitrogen and oxygen atoms in total. The van der Waals surface area contributed by atoms with Crippen LogP contribution in [0.15, 0.2) is 72.0 Å². The molecule has 2 N–H and O–H groups in total. The van der Waals surface area contributed by atoms with Gasteiger partial charge >= 0.3 is 0 Å². The number of nitrogens with one attached hydrogen (secondary N) is 2. The fourth-order valence-corrected chi connectivity index (χ4v) is 2.42. The average molecular weight is 377 g/mol. The molecule has 0 atom stereocenters. The zero-order chi connectivity index (χ0) is 19.6. The van der Waals surface area contributed by atoms with E-state index in [-0.39, 0.29) is 0 Å². The van der Waals surface area contributed by atoms with Crippen molar-refractivity contribution in [3.63, 3.8) is 0 Å². The monoisotopic (exact) mass is 377 g/mol. The quantitative estimate of drug-likeness (QED) is 0.486. The van der Waals surface area contributed by atoms with Gasteiger partial charge in [0.15, 0.2) is 5.96 Å². The SMILES string of the molecule is CN=C(NCc1ccc(Oc2ccc(OC)cc2)nc1)NCc1ccccn1. The summed E-state index contributed by atoms with van der Waals surface area (Å²) in [6, 6.07) is 17.0. The summed E-state index contributed by atoms with van der Waals surface area (Å²) in [7, 11) is 3.37. The number of benzene rings is 1. The molecule has 2 heterocycles. The first-order chi connectivity index (χ1) is 13.8. The summed E-state index contributed by atoms with van der Waals surface area (Å²) in [6.07, 6.45) is 3.55. The summed E-state index contributed by atoms with van der Waals surface area (Å²) in [5.41, 5.74) is 1.97. The number of guanidine groups is 1. The van der Waals surface area contributed by atoms with E-state index in [1.807, 2.05) is 54.6 Å². The first-order valence-corrected chi connectivity index (χ1v) is 8.88. The number of rotatable bonds is 7. The van der Waals surface area contributed by atoms with Crippen LogP contribution in [0.25, 0.3) is 0 Å². The van der Waals surface area contributed by atoms with E-state index in [1.54, 1.807) is 26.6 Å². The van der Waals surface area contributed by atoms with Crippen LogP contribution in [0.1, 0.15) is 11.3 Å². The molecule has 0 radical (unpaired) electrons. The fraction of sp³-hybridized carbons (Fsp3) is 0.190. The molecule has 0 aliphatic rings. The molecule has 0 saturated carbocycles. The predicted molar refractivity (Wildman–Crippen MR) is 109 cm³/mol. The number of methoxy groups -OCH3 is 1. The van der Waals surface area contributed by atoms with Gasteiger partial charge in [-0.15, -0.1) is 0 Å². The predicted octanol–water partition coefficient (Wildman–Crippen LogP) is 3.14. The molecule has 1 aromatic carbocycles. The molecule has 0 spiro atoms. The average Bonchev–Trinajstić information content (AvgIpc) is 2.76. The minimum atomic E-state index is 0.534. The van der Waals surface area contributed by atoms with E-state index in [4.69, 9.17) is 9.47 Å². The maximum Gasteiger partial charge on any atom is 0.219 e. The number of aliphatic imine (C=N–C) groups is 1. The number of hydrogen-bond acceptors (Lipinski definition) is 5. The largest absolute Gasteiger partial charge is 0.497 e. The Labute approximate surface area is 164 Å². The summed E-state index contributed by atoms with van der Waals surface area (Å²) in [5, 5.41) is 6.48. The molecular weight excluding hydrogens is 354 g/mol. The van der Waals surface area contributed by atoms with E-state index < -0.39 is 0 Å². The van der Waals surface area contributed by atoms with Gasteiger partial charge in [0, 0.05) is 32.1 Å². The Kier molecular flexibility index (Phi) is 6.78. The summed E-state index contributed by atoms with van der Waals surface area (Å²) < 4.78 is 10.9. The zero-order valence-corrected chi connectivity index (χ0v) is 15.9. The number of hydrogen-bond donors (Lipinski definition) is 2. The van der Waals surface area contributed by atoms with Gasteiger partial charge in [0.25, 0.3) is 0 Å². The molecular formula is C21H23N5O2. The first kappa shape index (κ1) is 19.2. The third-order valence-corrected chi connectivity index (χ3v) is 3.93. The summed E-state index contributed by atoms with van der Waals surface area (Å²) in [6.45, 7) is 1.20. The van der Waals surface area contributed by atoms with Crippen molar-refractivity contribution in [3.05, 3.63) is 78.2 Å². The third-order valence-electron chi connectivity index (χ3n) is 3.93. The number of pyridine rings is 2. The highest BCUT2D eigenvalue weighted by molar-refractivity contribution is 5.79. The Morgan fingerprint density at radius 1 is 0.929 bits per heavy atom. The Morgan fingerprint density at radius 3 is 2.36 bits per heavy atom. The van der Waals surface area contributed by atoms with Crippen LogP contribution in [0.2, 0.25) is 0 Å². The molecule has 2 aromatic heterocycles.